The zero-order valence-corrected chi connectivity index (χ0v) is 13.5. The Hall–Kier alpha value is -2.04. The van der Waals surface area contributed by atoms with E-state index in [1.54, 1.807) is 19.1 Å². The molecule has 5 nitrogen and oxygen atoms in total. The van der Waals surface area contributed by atoms with Gasteiger partial charge in [0.25, 0.3) is 0 Å². The molecule has 1 rings (SSSR count). The van der Waals surface area contributed by atoms with Crippen molar-refractivity contribution in [2.45, 2.75) is 39.3 Å². The minimum atomic E-state index is -1.38. The van der Waals surface area contributed by atoms with Crippen LogP contribution in [-0.4, -0.2) is 42.0 Å². The molecular weight excluding hydrogens is 268 g/mol. The molecule has 1 unspecified atom stereocenters. The Balaban J connectivity index is 3.39. The van der Waals surface area contributed by atoms with Gasteiger partial charge in [-0.2, -0.15) is 0 Å². The molecular formula is C16H24N2O3. The molecule has 0 heterocycles. The van der Waals surface area contributed by atoms with Gasteiger partial charge in [0.2, 0.25) is 5.91 Å². The van der Waals surface area contributed by atoms with Gasteiger partial charge >= 0.3 is 5.97 Å². The molecule has 0 fully saturated rings. The number of aliphatic carboxylic acids is 1. The topological polar surface area (TPSA) is 60.9 Å². The lowest BCUT2D eigenvalue weighted by molar-refractivity contribution is -0.160. The largest absolute Gasteiger partial charge is 0.479 e. The maximum absolute atomic E-state index is 11.9. The number of amides is 1. The van der Waals surface area contributed by atoms with Crippen molar-refractivity contribution < 1.29 is 14.7 Å². The summed E-state index contributed by atoms with van der Waals surface area (Å²) < 4.78 is 0. The Morgan fingerprint density at radius 2 is 1.62 bits per heavy atom. The van der Waals surface area contributed by atoms with Crippen molar-refractivity contribution in [2.75, 3.05) is 19.0 Å². The lowest BCUT2D eigenvalue weighted by Crippen LogP contribution is -2.55. The Morgan fingerprint density at radius 3 is 1.90 bits per heavy atom. The zero-order chi connectivity index (χ0) is 16.4. The first kappa shape index (κ1) is 17.0. The second-order valence-electron chi connectivity index (χ2n) is 5.80. The molecule has 5 heteroatoms. The summed E-state index contributed by atoms with van der Waals surface area (Å²) in [7, 11) is 3.84. The minimum absolute atomic E-state index is 0.211. The summed E-state index contributed by atoms with van der Waals surface area (Å²) in [5.41, 5.74) is 0.181. The van der Waals surface area contributed by atoms with Crippen LogP contribution in [-0.2, 0) is 15.1 Å². The van der Waals surface area contributed by atoms with E-state index in [1.165, 1.54) is 11.8 Å². The number of rotatable bonds is 5. The Bertz CT molecular complexity index is 523. The number of nitrogens with zero attached hydrogens (tertiary/aromatic N) is 2. The molecule has 0 aliphatic rings. The first-order valence-electron chi connectivity index (χ1n) is 6.93. The molecule has 0 bridgehead atoms. The minimum Gasteiger partial charge on any atom is -0.479 e. The standard InChI is InChI=1S/C16H24N2O3/c1-11(2)18(12(3)19)16(4,15(20)21)13-7-9-14(10-8-13)17(5)6/h7-11H,1-6H3,(H,20,21). The van der Waals surface area contributed by atoms with Crippen LogP contribution in [0.4, 0.5) is 5.69 Å². The number of carboxylic acid groups (broad SMARTS) is 1. The van der Waals surface area contributed by atoms with E-state index in [2.05, 4.69) is 0 Å². The fraction of sp³-hybridized carbons (Fsp3) is 0.500. The van der Waals surface area contributed by atoms with Gasteiger partial charge in [0.15, 0.2) is 5.54 Å². The first-order chi connectivity index (χ1) is 9.62. The molecule has 116 valence electrons. The maximum atomic E-state index is 11.9. The predicted molar refractivity (Wildman–Crippen MR) is 83.4 cm³/mol. The van der Waals surface area contributed by atoms with Crippen molar-refractivity contribution in [1.82, 2.24) is 4.90 Å². The van der Waals surface area contributed by atoms with Gasteiger partial charge in [0.05, 0.1) is 0 Å². The summed E-state index contributed by atoms with van der Waals surface area (Å²) in [5, 5.41) is 9.73. The van der Waals surface area contributed by atoms with E-state index in [4.69, 9.17) is 0 Å². The Morgan fingerprint density at radius 1 is 1.14 bits per heavy atom. The van der Waals surface area contributed by atoms with Crippen molar-refractivity contribution >= 4 is 17.6 Å². The molecule has 1 amide bonds. The van der Waals surface area contributed by atoms with Crippen LogP contribution in [0.5, 0.6) is 0 Å². The average Bonchev–Trinajstić information content (AvgIpc) is 2.37. The second kappa shape index (κ2) is 6.16. The van der Waals surface area contributed by atoms with Gasteiger partial charge in [-0.1, -0.05) is 12.1 Å². The van der Waals surface area contributed by atoms with Crippen LogP contribution in [0.1, 0.15) is 33.3 Å². The zero-order valence-electron chi connectivity index (χ0n) is 13.5. The van der Waals surface area contributed by atoms with Crippen molar-refractivity contribution in [3.63, 3.8) is 0 Å². The Kier molecular flexibility index (Phi) is 4.99. The van der Waals surface area contributed by atoms with Gasteiger partial charge < -0.3 is 14.9 Å². The van der Waals surface area contributed by atoms with Crippen LogP contribution in [0, 0.1) is 0 Å². The molecule has 0 spiro atoms. The third kappa shape index (κ3) is 3.17. The number of hydrogen-bond acceptors (Lipinski definition) is 3. The van der Waals surface area contributed by atoms with Crippen LogP contribution in [0.15, 0.2) is 24.3 Å². The molecule has 1 aromatic carbocycles. The van der Waals surface area contributed by atoms with E-state index in [-0.39, 0.29) is 11.9 Å². The highest BCUT2D eigenvalue weighted by Gasteiger charge is 2.44. The van der Waals surface area contributed by atoms with Crippen molar-refractivity contribution in [3.8, 4) is 0 Å². The molecule has 1 aromatic rings. The fourth-order valence-electron chi connectivity index (χ4n) is 2.64. The van der Waals surface area contributed by atoms with E-state index in [0.29, 0.717) is 5.56 Å². The van der Waals surface area contributed by atoms with Crippen LogP contribution in [0.25, 0.3) is 0 Å². The van der Waals surface area contributed by atoms with Crippen LogP contribution in [0.2, 0.25) is 0 Å². The molecule has 1 atom stereocenters. The van der Waals surface area contributed by atoms with E-state index in [9.17, 15) is 14.7 Å². The number of benzene rings is 1. The van der Waals surface area contributed by atoms with Gasteiger partial charge in [-0.3, -0.25) is 4.79 Å². The highest BCUT2D eigenvalue weighted by Crippen LogP contribution is 2.32. The van der Waals surface area contributed by atoms with Gasteiger partial charge in [-0.05, 0) is 38.5 Å². The predicted octanol–water partition coefficient (Wildman–Crippen LogP) is 2.31. The van der Waals surface area contributed by atoms with Crippen molar-refractivity contribution in [2.24, 2.45) is 0 Å². The molecule has 0 saturated heterocycles. The quantitative estimate of drug-likeness (QED) is 0.904. The average molecular weight is 292 g/mol. The number of carbonyl (C=O) groups is 2. The van der Waals surface area contributed by atoms with Crippen molar-refractivity contribution in [3.05, 3.63) is 29.8 Å². The highest BCUT2D eigenvalue weighted by atomic mass is 16.4. The molecule has 0 aromatic heterocycles. The summed E-state index contributed by atoms with van der Waals surface area (Å²) in [6.07, 6.45) is 0. The molecule has 21 heavy (non-hydrogen) atoms. The van der Waals surface area contributed by atoms with Crippen LogP contribution < -0.4 is 4.90 Å². The second-order valence-corrected chi connectivity index (χ2v) is 5.80. The van der Waals surface area contributed by atoms with Gasteiger partial charge in [0, 0.05) is 32.7 Å². The third-order valence-electron chi connectivity index (χ3n) is 3.70. The van der Waals surface area contributed by atoms with Crippen LogP contribution in [0.3, 0.4) is 0 Å². The number of anilines is 1. The van der Waals surface area contributed by atoms with Gasteiger partial charge in [-0.15, -0.1) is 0 Å². The van der Waals surface area contributed by atoms with Crippen LogP contribution >= 0.6 is 0 Å². The van der Waals surface area contributed by atoms with E-state index in [1.807, 2.05) is 45.0 Å². The third-order valence-corrected chi connectivity index (χ3v) is 3.70. The molecule has 0 aliphatic heterocycles. The molecule has 0 saturated carbocycles. The molecule has 0 aliphatic carbocycles. The maximum Gasteiger partial charge on any atom is 0.334 e. The monoisotopic (exact) mass is 292 g/mol. The smallest absolute Gasteiger partial charge is 0.334 e. The molecule has 1 N–H and O–H groups in total. The summed E-state index contributed by atoms with van der Waals surface area (Å²) in [5.74, 6) is -1.30. The summed E-state index contributed by atoms with van der Waals surface area (Å²) in [4.78, 5) is 27.2. The number of hydrogen-bond donors (Lipinski definition) is 1. The summed E-state index contributed by atoms with van der Waals surface area (Å²) in [6.45, 7) is 6.60. The summed E-state index contributed by atoms with van der Waals surface area (Å²) in [6, 6.07) is 7.03. The van der Waals surface area contributed by atoms with Gasteiger partial charge in [0.1, 0.15) is 0 Å². The Labute approximate surface area is 126 Å². The number of carboxylic acids is 1. The lowest BCUT2D eigenvalue weighted by Gasteiger charge is -2.40. The lowest BCUT2D eigenvalue weighted by atomic mass is 9.88. The first-order valence-corrected chi connectivity index (χ1v) is 6.93. The fourth-order valence-corrected chi connectivity index (χ4v) is 2.64. The SMILES string of the molecule is CC(=O)N(C(C)C)C(C)(C(=O)O)c1ccc(N(C)C)cc1. The normalized spacial score (nSPS) is 13.7. The summed E-state index contributed by atoms with van der Waals surface area (Å²) >= 11 is 0. The van der Waals surface area contributed by atoms with Gasteiger partial charge in [-0.25, -0.2) is 4.79 Å². The van der Waals surface area contributed by atoms with E-state index >= 15 is 0 Å². The van der Waals surface area contributed by atoms with E-state index < -0.39 is 11.5 Å². The highest BCUT2D eigenvalue weighted by molar-refractivity contribution is 5.87. The number of carbonyl (C=O) groups excluding carboxylic acids is 1. The van der Waals surface area contributed by atoms with Crippen molar-refractivity contribution in [1.29, 1.82) is 0 Å². The van der Waals surface area contributed by atoms with E-state index in [0.717, 1.165) is 5.69 Å². The molecule has 0 radical (unpaired) electrons.